The van der Waals surface area contributed by atoms with E-state index in [0.717, 1.165) is 43.9 Å². The largest absolute Gasteiger partial charge is 0.396 e. The van der Waals surface area contributed by atoms with Crippen LogP contribution in [-0.2, 0) is 6.54 Å². The number of aliphatic hydroxyl groups is 1. The van der Waals surface area contributed by atoms with Crippen LogP contribution in [0.5, 0.6) is 0 Å². The van der Waals surface area contributed by atoms with Crippen molar-refractivity contribution in [3.63, 3.8) is 0 Å². The Hall–Kier alpha value is -1.76. The third kappa shape index (κ3) is 4.39. The summed E-state index contributed by atoms with van der Waals surface area (Å²) in [6.45, 7) is 4.26. The fraction of sp³-hybridized carbons (Fsp3) is 0.571. The molecule has 5 nitrogen and oxygen atoms in total. The van der Waals surface area contributed by atoms with Gasteiger partial charge in [0.1, 0.15) is 5.82 Å². The van der Waals surface area contributed by atoms with Crippen molar-refractivity contribution in [3.05, 3.63) is 48.0 Å². The molecule has 1 aliphatic carbocycles. The van der Waals surface area contributed by atoms with Crippen molar-refractivity contribution >= 4 is 0 Å². The second-order valence-electron chi connectivity index (χ2n) is 7.85. The highest BCUT2D eigenvalue weighted by Gasteiger charge is 2.32. The van der Waals surface area contributed by atoms with Crippen molar-refractivity contribution in [2.75, 3.05) is 26.2 Å². The first-order valence-corrected chi connectivity index (χ1v) is 10.1. The number of halogens is 1. The minimum absolute atomic E-state index is 0.235. The Morgan fingerprint density at radius 3 is 2.63 bits per heavy atom. The predicted molar refractivity (Wildman–Crippen MR) is 103 cm³/mol. The van der Waals surface area contributed by atoms with E-state index in [2.05, 4.69) is 14.9 Å². The number of aromatic nitrogens is 2. The summed E-state index contributed by atoms with van der Waals surface area (Å²) < 4.78 is 14.9. The van der Waals surface area contributed by atoms with Gasteiger partial charge in [0.15, 0.2) is 0 Å². The minimum Gasteiger partial charge on any atom is -0.396 e. The van der Waals surface area contributed by atoms with E-state index < -0.39 is 0 Å². The highest BCUT2D eigenvalue weighted by Crippen LogP contribution is 2.28. The molecular formula is C21H29FN4O. The summed E-state index contributed by atoms with van der Waals surface area (Å²) >= 11 is 0. The third-order valence-electron chi connectivity index (χ3n) is 6.00. The van der Waals surface area contributed by atoms with Crippen molar-refractivity contribution in [1.82, 2.24) is 19.6 Å². The Kier molecular flexibility index (Phi) is 5.86. The molecule has 0 spiro atoms. The average Bonchev–Trinajstić information content (AvgIpc) is 3.35. The smallest absolute Gasteiger partial charge is 0.123 e. The molecule has 0 radical (unpaired) electrons. The van der Waals surface area contributed by atoms with Gasteiger partial charge in [-0.15, -0.1) is 0 Å². The van der Waals surface area contributed by atoms with E-state index in [9.17, 15) is 9.50 Å². The summed E-state index contributed by atoms with van der Waals surface area (Å²) in [4.78, 5) is 5.12. The first-order valence-electron chi connectivity index (χ1n) is 10.1. The first-order chi connectivity index (χ1) is 13.2. The summed E-state index contributed by atoms with van der Waals surface area (Å²) in [7, 11) is 0. The monoisotopic (exact) mass is 372 g/mol. The molecule has 2 fully saturated rings. The summed E-state index contributed by atoms with van der Waals surface area (Å²) in [5, 5.41) is 14.0. The second-order valence-corrected chi connectivity index (χ2v) is 7.85. The molecule has 6 heteroatoms. The lowest BCUT2D eigenvalue weighted by molar-refractivity contribution is 0.0267. The van der Waals surface area contributed by atoms with E-state index in [0.29, 0.717) is 12.1 Å². The molecule has 0 bridgehead atoms. The number of piperazine rings is 1. The van der Waals surface area contributed by atoms with Crippen LogP contribution in [0.4, 0.5) is 4.39 Å². The molecule has 1 atom stereocenters. The average molecular weight is 372 g/mol. The van der Waals surface area contributed by atoms with E-state index in [1.165, 1.54) is 37.8 Å². The van der Waals surface area contributed by atoms with Gasteiger partial charge in [-0.05, 0) is 43.5 Å². The minimum atomic E-state index is -0.235. The van der Waals surface area contributed by atoms with Crippen LogP contribution in [0, 0.1) is 5.82 Å². The number of hydrogen-bond acceptors (Lipinski definition) is 4. The number of aliphatic hydroxyl groups excluding tert-OH is 1. The molecule has 4 rings (SSSR count). The lowest BCUT2D eigenvalue weighted by Gasteiger charge is -2.44. The summed E-state index contributed by atoms with van der Waals surface area (Å²) in [5.41, 5.74) is 2.03. The Bertz CT molecular complexity index is 726. The quantitative estimate of drug-likeness (QED) is 0.847. The summed E-state index contributed by atoms with van der Waals surface area (Å²) in [6.07, 6.45) is 10.1. The Morgan fingerprint density at radius 1 is 1.11 bits per heavy atom. The topological polar surface area (TPSA) is 44.5 Å². The molecule has 1 aromatic heterocycles. The number of benzene rings is 1. The predicted octanol–water partition coefficient (Wildman–Crippen LogP) is 2.82. The van der Waals surface area contributed by atoms with Gasteiger partial charge in [-0.25, -0.2) is 9.07 Å². The third-order valence-corrected chi connectivity index (χ3v) is 6.00. The van der Waals surface area contributed by atoms with Crippen LogP contribution in [0.25, 0.3) is 5.69 Å². The zero-order valence-electron chi connectivity index (χ0n) is 15.8. The summed E-state index contributed by atoms with van der Waals surface area (Å²) in [5.74, 6) is -0.235. The molecule has 2 aromatic rings. The van der Waals surface area contributed by atoms with E-state index >= 15 is 0 Å². The van der Waals surface area contributed by atoms with E-state index in [4.69, 9.17) is 0 Å². The van der Waals surface area contributed by atoms with Crippen molar-refractivity contribution < 1.29 is 9.50 Å². The lowest BCUT2D eigenvalue weighted by atomic mass is 10.0. The van der Waals surface area contributed by atoms with Crippen molar-refractivity contribution in [1.29, 1.82) is 0 Å². The number of nitrogens with zero attached hydrogens (tertiary/aromatic N) is 4. The first kappa shape index (κ1) is 18.6. The van der Waals surface area contributed by atoms with Gasteiger partial charge in [-0.2, -0.15) is 5.10 Å². The molecular weight excluding hydrogens is 343 g/mol. The van der Waals surface area contributed by atoms with Crippen LogP contribution in [0.2, 0.25) is 0 Å². The van der Waals surface area contributed by atoms with Gasteiger partial charge in [0.2, 0.25) is 0 Å². The molecule has 0 amide bonds. The van der Waals surface area contributed by atoms with Gasteiger partial charge in [-0.3, -0.25) is 9.80 Å². The fourth-order valence-electron chi connectivity index (χ4n) is 4.64. The maximum absolute atomic E-state index is 13.1. The standard InChI is InChI=1S/C21H29FN4O/c22-18-5-7-20(8-6-18)26-15-17(13-23-26)14-24-10-11-25(19-3-1-2-4-19)21(16-24)9-12-27/h5-8,13,15,19,21,27H,1-4,9-12,14,16H2/t21-/m1/s1. The highest BCUT2D eigenvalue weighted by molar-refractivity contribution is 5.31. The molecule has 0 unspecified atom stereocenters. The molecule has 1 saturated carbocycles. The Labute approximate surface area is 160 Å². The van der Waals surface area contributed by atoms with Crippen LogP contribution < -0.4 is 0 Å². The SMILES string of the molecule is OCC[C@@H]1CN(Cc2cnn(-c3ccc(F)cc3)c2)CCN1C1CCCC1. The molecule has 1 saturated heterocycles. The second kappa shape index (κ2) is 8.50. The molecule has 2 aliphatic rings. The molecule has 27 heavy (non-hydrogen) atoms. The Morgan fingerprint density at radius 2 is 1.89 bits per heavy atom. The number of hydrogen-bond donors (Lipinski definition) is 1. The van der Waals surface area contributed by atoms with Gasteiger partial charge in [0, 0.05) is 56.6 Å². The normalized spacial score (nSPS) is 22.5. The van der Waals surface area contributed by atoms with Crippen LogP contribution in [0.3, 0.4) is 0 Å². The van der Waals surface area contributed by atoms with Crippen molar-refractivity contribution in [2.45, 2.75) is 50.7 Å². The molecule has 2 heterocycles. The molecule has 1 aromatic carbocycles. The Balaban J connectivity index is 1.39. The van der Waals surface area contributed by atoms with Gasteiger partial charge >= 0.3 is 0 Å². The van der Waals surface area contributed by atoms with Crippen molar-refractivity contribution in [2.24, 2.45) is 0 Å². The van der Waals surface area contributed by atoms with E-state index in [1.54, 1.807) is 16.8 Å². The maximum Gasteiger partial charge on any atom is 0.123 e. The zero-order valence-corrected chi connectivity index (χ0v) is 15.8. The molecule has 1 N–H and O–H groups in total. The summed E-state index contributed by atoms with van der Waals surface area (Å²) in [6, 6.07) is 7.55. The molecule has 1 aliphatic heterocycles. The molecule has 146 valence electrons. The van der Waals surface area contributed by atoms with Crippen LogP contribution in [0.15, 0.2) is 36.7 Å². The van der Waals surface area contributed by atoms with E-state index in [1.807, 2.05) is 12.4 Å². The lowest BCUT2D eigenvalue weighted by Crippen LogP contribution is -2.55. The fourth-order valence-corrected chi connectivity index (χ4v) is 4.64. The van der Waals surface area contributed by atoms with Gasteiger partial charge in [0.05, 0.1) is 11.9 Å². The van der Waals surface area contributed by atoms with Gasteiger partial charge in [-0.1, -0.05) is 12.8 Å². The van der Waals surface area contributed by atoms with Crippen LogP contribution >= 0.6 is 0 Å². The van der Waals surface area contributed by atoms with Gasteiger partial charge < -0.3 is 5.11 Å². The number of rotatable bonds is 6. The zero-order chi connectivity index (χ0) is 18.6. The van der Waals surface area contributed by atoms with Crippen LogP contribution in [-0.4, -0.2) is 63.0 Å². The van der Waals surface area contributed by atoms with Crippen LogP contribution in [0.1, 0.15) is 37.7 Å². The van der Waals surface area contributed by atoms with Gasteiger partial charge in [0.25, 0.3) is 0 Å². The van der Waals surface area contributed by atoms with Crippen molar-refractivity contribution in [3.8, 4) is 5.69 Å². The maximum atomic E-state index is 13.1. The highest BCUT2D eigenvalue weighted by atomic mass is 19.1. The van der Waals surface area contributed by atoms with E-state index in [-0.39, 0.29) is 12.4 Å².